The van der Waals surface area contributed by atoms with Gasteiger partial charge in [0.15, 0.2) is 0 Å². The summed E-state index contributed by atoms with van der Waals surface area (Å²) < 4.78 is 0. The van der Waals surface area contributed by atoms with Gasteiger partial charge in [-0.2, -0.15) is 0 Å². The molecule has 1 aromatic carbocycles. The summed E-state index contributed by atoms with van der Waals surface area (Å²) in [5.41, 5.74) is 2.26. The number of benzene rings is 1. The van der Waals surface area contributed by atoms with Crippen LogP contribution in [0.2, 0.25) is 0 Å². The van der Waals surface area contributed by atoms with Gasteiger partial charge in [-0.1, -0.05) is 25.1 Å². The van der Waals surface area contributed by atoms with E-state index < -0.39 is 0 Å². The molecule has 86 valence electrons. The average molecular weight is 217 g/mol. The Morgan fingerprint density at radius 2 is 2.06 bits per heavy atom. The van der Waals surface area contributed by atoms with E-state index in [1.165, 1.54) is 19.3 Å². The van der Waals surface area contributed by atoms with E-state index >= 15 is 0 Å². The molecule has 0 unspecified atom stereocenters. The zero-order chi connectivity index (χ0) is 11.6. The minimum atomic E-state index is 0.0674. The fourth-order valence-corrected chi connectivity index (χ4v) is 2.02. The molecule has 1 saturated carbocycles. The van der Waals surface area contributed by atoms with E-state index in [0.29, 0.717) is 5.41 Å². The van der Waals surface area contributed by atoms with Crippen LogP contribution in [-0.2, 0) is 0 Å². The molecule has 0 bridgehead atoms. The first-order chi connectivity index (χ1) is 7.67. The van der Waals surface area contributed by atoms with E-state index in [-0.39, 0.29) is 5.91 Å². The van der Waals surface area contributed by atoms with Crippen LogP contribution in [0.5, 0.6) is 0 Å². The van der Waals surface area contributed by atoms with E-state index in [1.54, 1.807) is 0 Å². The Labute approximate surface area is 97.1 Å². The first-order valence-electron chi connectivity index (χ1n) is 6.01. The Morgan fingerprint density at radius 1 is 1.38 bits per heavy atom. The molecule has 0 aliphatic heterocycles. The summed E-state index contributed by atoms with van der Waals surface area (Å²) in [5.74, 6) is 0.0674. The third-order valence-corrected chi connectivity index (χ3v) is 3.72. The maximum Gasteiger partial charge on any atom is 0.251 e. The van der Waals surface area contributed by atoms with Gasteiger partial charge in [0.05, 0.1) is 0 Å². The van der Waals surface area contributed by atoms with Gasteiger partial charge in [-0.15, -0.1) is 0 Å². The zero-order valence-electron chi connectivity index (χ0n) is 10.0. The van der Waals surface area contributed by atoms with Crippen molar-refractivity contribution in [3.05, 3.63) is 35.4 Å². The summed E-state index contributed by atoms with van der Waals surface area (Å²) in [7, 11) is 0. The van der Waals surface area contributed by atoms with Crippen molar-refractivity contribution in [2.75, 3.05) is 6.54 Å². The standard InChI is InChI=1S/C14H19NO/c1-3-14(8-9-14)10-15-13(16)12-7-5-4-6-11(12)2/h4-7H,3,8-10H2,1-2H3,(H,15,16). The molecule has 2 heteroatoms. The number of hydrogen-bond donors (Lipinski definition) is 1. The molecular formula is C14H19NO. The van der Waals surface area contributed by atoms with Crippen LogP contribution in [0, 0.1) is 12.3 Å². The highest BCUT2D eigenvalue weighted by molar-refractivity contribution is 5.95. The van der Waals surface area contributed by atoms with Gasteiger partial charge in [-0.05, 0) is 43.2 Å². The third-order valence-electron chi connectivity index (χ3n) is 3.72. The lowest BCUT2D eigenvalue weighted by Gasteiger charge is -2.14. The molecule has 1 amide bonds. The molecule has 0 saturated heterocycles. The van der Waals surface area contributed by atoms with Crippen molar-refractivity contribution in [2.45, 2.75) is 33.1 Å². The molecule has 16 heavy (non-hydrogen) atoms. The molecule has 1 aliphatic rings. The fraction of sp³-hybridized carbons (Fsp3) is 0.500. The van der Waals surface area contributed by atoms with Crippen molar-refractivity contribution in [1.29, 1.82) is 0 Å². The molecular weight excluding hydrogens is 198 g/mol. The number of carbonyl (C=O) groups is 1. The van der Waals surface area contributed by atoms with Crippen LogP contribution >= 0.6 is 0 Å². The first kappa shape index (κ1) is 11.2. The lowest BCUT2D eigenvalue weighted by molar-refractivity contribution is 0.0944. The Kier molecular flexibility index (Phi) is 2.99. The largest absolute Gasteiger partial charge is 0.351 e. The predicted octanol–water partition coefficient (Wildman–Crippen LogP) is 2.92. The smallest absolute Gasteiger partial charge is 0.251 e. The van der Waals surface area contributed by atoms with Crippen LogP contribution in [0.15, 0.2) is 24.3 Å². The Bertz CT molecular complexity index is 393. The molecule has 0 atom stereocenters. The van der Waals surface area contributed by atoms with Crippen molar-refractivity contribution in [1.82, 2.24) is 5.32 Å². The number of amides is 1. The summed E-state index contributed by atoms with van der Waals surface area (Å²) in [6, 6.07) is 7.73. The second-order valence-corrected chi connectivity index (χ2v) is 4.85. The molecule has 0 spiro atoms. The Balaban J connectivity index is 1.96. The second-order valence-electron chi connectivity index (χ2n) is 4.85. The molecule has 2 rings (SSSR count). The minimum Gasteiger partial charge on any atom is -0.351 e. The minimum absolute atomic E-state index is 0.0674. The van der Waals surface area contributed by atoms with Crippen LogP contribution in [0.4, 0.5) is 0 Å². The van der Waals surface area contributed by atoms with E-state index in [1.807, 2.05) is 31.2 Å². The van der Waals surface area contributed by atoms with Gasteiger partial charge in [0.1, 0.15) is 0 Å². The van der Waals surface area contributed by atoms with Gasteiger partial charge in [0.25, 0.3) is 5.91 Å². The molecule has 1 aliphatic carbocycles. The normalized spacial score (nSPS) is 16.9. The average Bonchev–Trinajstić information content (AvgIpc) is 3.07. The molecule has 0 radical (unpaired) electrons. The summed E-state index contributed by atoms with van der Waals surface area (Å²) in [4.78, 5) is 11.9. The lowest BCUT2D eigenvalue weighted by Crippen LogP contribution is -2.30. The van der Waals surface area contributed by atoms with Crippen LogP contribution in [-0.4, -0.2) is 12.5 Å². The molecule has 1 aromatic rings. The molecule has 0 heterocycles. The van der Waals surface area contributed by atoms with Gasteiger partial charge >= 0.3 is 0 Å². The number of carbonyl (C=O) groups excluding carboxylic acids is 1. The van der Waals surface area contributed by atoms with Crippen LogP contribution in [0.25, 0.3) is 0 Å². The van der Waals surface area contributed by atoms with Crippen LogP contribution < -0.4 is 5.32 Å². The third kappa shape index (κ3) is 2.26. The van der Waals surface area contributed by atoms with E-state index in [4.69, 9.17) is 0 Å². The zero-order valence-corrected chi connectivity index (χ0v) is 10.0. The van der Waals surface area contributed by atoms with E-state index in [2.05, 4.69) is 12.2 Å². The van der Waals surface area contributed by atoms with Gasteiger partial charge in [0, 0.05) is 12.1 Å². The van der Waals surface area contributed by atoms with Gasteiger partial charge in [0.2, 0.25) is 0 Å². The molecule has 0 aromatic heterocycles. The number of nitrogens with one attached hydrogen (secondary N) is 1. The first-order valence-corrected chi connectivity index (χ1v) is 6.01. The fourth-order valence-electron chi connectivity index (χ4n) is 2.02. The summed E-state index contributed by atoms with van der Waals surface area (Å²) in [6.07, 6.45) is 3.69. The molecule has 1 N–H and O–H groups in total. The highest BCUT2D eigenvalue weighted by Gasteiger charge is 2.40. The number of rotatable bonds is 4. The topological polar surface area (TPSA) is 29.1 Å². The quantitative estimate of drug-likeness (QED) is 0.825. The monoisotopic (exact) mass is 217 g/mol. The Hall–Kier alpha value is -1.31. The van der Waals surface area contributed by atoms with E-state index in [9.17, 15) is 4.79 Å². The highest BCUT2D eigenvalue weighted by atomic mass is 16.1. The Morgan fingerprint density at radius 3 is 2.62 bits per heavy atom. The van der Waals surface area contributed by atoms with Crippen LogP contribution in [0.1, 0.15) is 42.1 Å². The van der Waals surface area contributed by atoms with Crippen molar-refractivity contribution < 1.29 is 4.79 Å². The van der Waals surface area contributed by atoms with E-state index in [0.717, 1.165) is 17.7 Å². The molecule has 1 fully saturated rings. The van der Waals surface area contributed by atoms with Crippen molar-refractivity contribution in [3.8, 4) is 0 Å². The van der Waals surface area contributed by atoms with Gasteiger partial charge in [-0.3, -0.25) is 4.79 Å². The van der Waals surface area contributed by atoms with Crippen molar-refractivity contribution in [2.24, 2.45) is 5.41 Å². The predicted molar refractivity (Wildman–Crippen MR) is 65.5 cm³/mol. The maximum atomic E-state index is 11.9. The van der Waals surface area contributed by atoms with Gasteiger partial charge in [-0.25, -0.2) is 0 Å². The van der Waals surface area contributed by atoms with Gasteiger partial charge < -0.3 is 5.32 Å². The molecule has 2 nitrogen and oxygen atoms in total. The maximum absolute atomic E-state index is 11.9. The highest BCUT2D eigenvalue weighted by Crippen LogP contribution is 2.47. The summed E-state index contributed by atoms with van der Waals surface area (Å²) in [5, 5.41) is 3.05. The number of hydrogen-bond acceptors (Lipinski definition) is 1. The lowest BCUT2D eigenvalue weighted by atomic mass is 10.0. The number of aryl methyl sites for hydroxylation is 1. The summed E-state index contributed by atoms with van der Waals surface area (Å²) in [6.45, 7) is 5.01. The van der Waals surface area contributed by atoms with Crippen molar-refractivity contribution in [3.63, 3.8) is 0 Å². The second kappa shape index (κ2) is 4.28. The SMILES string of the molecule is CCC1(CNC(=O)c2ccccc2C)CC1. The summed E-state index contributed by atoms with van der Waals surface area (Å²) >= 11 is 0. The van der Waals surface area contributed by atoms with Crippen LogP contribution in [0.3, 0.4) is 0 Å². The van der Waals surface area contributed by atoms with Crippen molar-refractivity contribution >= 4 is 5.91 Å².